The SMILES string of the molecule is COc1ccnc(N2Cc3ccccc3CO2)n1. The number of rotatable bonds is 2. The van der Waals surface area contributed by atoms with Gasteiger partial charge in [-0.15, -0.1) is 0 Å². The van der Waals surface area contributed by atoms with Crippen molar-refractivity contribution in [2.75, 3.05) is 12.2 Å². The first-order valence-corrected chi connectivity index (χ1v) is 5.71. The van der Waals surface area contributed by atoms with Crippen LogP contribution in [0.2, 0.25) is 0 Å². The van der Waals surface area contributed by atoms with Crippen molar-refractivity contribution in [2.45, 2.75) is 13.2 Å². The first-order chi connectivity index (χ1) is 8.86. The van der Waals surface area contributed by atoms with Gasteiger partial charge in [-0.1, -0.05) is 24.3 Å². The third-order valence-corrected chi connectivity index (χ3v) is 2.86. The Kier molecular flexibility index (Phi) is 2.82. The smallest absolute Gasteiger partial charge is 0.253 e. The second-order valence-corrected chi connectivity index (χ2v) is 3.98. The number of fused-ring (bicyclic) bond motifs is 1. The molecule has 0 amide bonds. The number of hydrogen-bond acceptors (Lipinski definition) is 5. The molecule has 5 nitrogen and oxygen atoms in total. The van der Waals surface area contributed by atoms with Crippen molar-refractivity contribution in [1.29, 1.82) is 0 Å². The van der Waals surface area contributed by atoms with Gasteiger partial charge >= 0.3 is 0 Å². The lowest BCUT2D eigenvalue weighted by Crippen LogP contribution is -2.29. The zero-order valence-corrected chi connectivity index (χ0v) is 10.0. The normalized spacial score (nSPS) is 14.2. The van der Waals surface area contributed by atoms with Crippen molar-refractivity contribution >= 4 is 5.95 Å². The minimum Gasteiger partial charge on any atom is -0.481 e. The van der Waals surface area contributed by atoms with Gasteiger partial charge in [-0.3, -0.25) is 4.84 Å². The molecule has 1 aliphatic heterocycles. The highest BCUT2D eigenvalue weighted by Crippen LogP contribution is 2.23. The van der Waals surface area contributed by atoms with E-state index in [0.717, 1.165) is 0 Å². The number of anilines is 1. The molecule has 0 saturated heterocycles. The summed E-state index contributed by atoms with van der Waals surface area (Å²) >= 11 is 0. The quantitative estimate of drug-likeness (QED) is 0.806. The molecule has 0 saturated carbocycles. The summed E-state index contributed by atoms with van der Waals surface area (Å²) in [6, 6.07) is 9.90. The fourth-order valence-corrected chi connectivity index (χ4v) is 1.90. The van der Waals surface area contributed by atoms with Crippen molar-refractivity contribution in [3.05, 3.63) is 47.7 Å². The first-order valence-electron chi connectivity index (χ1n) is 5.71. The Morgan fingerprint density at radius 2 is 2.06 bits per heavy atom. The third-order valence-electron chi connectivity index (χ3n) is 2.86. The molecule has 5 heteroatoms. The lowest BCUT2D eigenvalue weighted by molar-refractivity contribution is 0.0741. The van der Waals surface area contributed by atoms with Crippen LogP contribution in [0.1, 0.15) is 11.1 Å². The van der Waals surface area contributed by atoms with E-state index in [-0.39, 0.29) is 0 Å². The highest BCUT2D eigenvalue weighted by Gasteiger charge is 2.19. The van der Waals surface area contributed by atoms with Crippen LogP contribution in [0.25, 0.3) is 0 Å². The summed E-state index contributed by atoms with van der Waals surface area (Å²) in [7, 11) is 1.58. The van der Waals surface area contributed by atoms with E-state index in [2.05, 4.69) is 22.1 Å². The molecule has 0 bridgehead atoms. The second-order valence-electron chi connectivity index (χ2n) is 3.98. The predicted molar refractivity (Wildman–Crippen MR) is 66.0 cm³/mol. The second kappa shape index (κ2) is 4.62. The highest BCUT2D eigenvalue weighted by molar-refractivity contribution is 5.36. The Bertz CT molecular complexity index is 559. The van der Waals surface area contributed by atoms with Crippen LogP contribution in [0.15, 0.2) is 36.5 Å². The number of hydrogen-bond donors (Lipinski definition) is 0. The van der Waals surface area contributed by atoms with Crippen LogP contribution >= 0.6 is 0 Å². The average Bonchev–Trinajstić information content (AvgIpc) is 2.47. The van der Waals surface area contributed by atoms with Gasteiger partial charge < -0.3 is 4.74 Å². The maximum atomic E-state index is 5.64. The number of aromatic nitrogens is 2. The summed E-state index contributed by atoms with van der Waals surface area (Å²) in [5.41, 5.74) is 2.44. The van der Waals surface area contributed by atoms with Crippen molar-refractivity contribution in [2.24, 2.45) is 0 Å². The first kappa shape index (κ1) is 11.0. The lowest BCUT2D eigenvalue weighted by Gasteiger charge is -2.27. The van der Waals surface area contributed by atoms with Gasteiger partial charge in [0, 0.05) is 12.3 Å². The molecule has 92 valence electrons. The summed E-state index contributed by atoms with van der Waals surface area (Å²) in [5, 5.41) is 1.69. The van der Waals surface area contributed by atoms with Gasteiger partial charge in [0.05, 0.1) is 13.7 Å². The Morgan fingerprint density at radius 3 is 2.89 bits per heavy atom. The zero-order valence-electron chi connectivity index (χ0n) is 10.0. The number of methoxy groups -OCH3 is 1. The molecule has 18 heavy (non-hydrogen) atoms. The molecule has 1 aliphatic rings. The van der Waals surface area contributed by atoms with Gasteiger partial charge in [0.25, 0.3) is 5.95 Å². The van der Waals surface area contributed by atoms with Crippen LogP contribution < -0.4 is 9.80 Å². The molecule has 0 unspecified atom stereocenters. The van der Waals surface area contributed by atoms with Crippen molar-refractivity contribution < 1.29 is 9.57 Å². The molecule has 0 spiro atoms. The molecule has 0 aliphatic carbocycles. The summed E-state index contributed by atoms with van der Waals surface area (Å²) in [5.74, 6) is 1.05. The Balaban J connectivity index is 1.87. The van der Waals surface area contributed by atoms with E-state index in [1.807, 2.05) is 12.1 Å². The predicted octanol–water partition coefficient (Wildman–Crippen LogP) is 1.94. The van der Waals surface area contributed by atoms with Crippen LogP contribution in [0.5, 0.6) is 5.88 Å². The highest BCUT2D eigenvalue weighted by atomic mass is 16.7. The topological polar surface area (TPSA) is 47.5 Å². The minimum atomic E-state index is 0.517. The Hall–Kier alpha value is -2.14. The molecule has 0 atom stereocenters. The van der Waals surface area contributed by atoms with Gasteiger partial charge in [0.15, 0.2) is 0 Å². The van der Waals surface area contributed by atoms with E-state index in [9.17, 15) is 0 Å². The molecule has 0 fully saturated rings. The van der Waals surface area contributed by atoms with Crippen LogP contribution in [-0.4, -0.2) is 17.1 Å². The van der Waals surface area contributed by atoms with E-state index < -0.39 is 0 Å². The van der Waals surface area contributed by atoms with Crippen molar-refractivity contribution in [3.8, 4) is 5.88 Å². The van der Waals surface area contributed by atoms with Crippen LogP contribution in [0.3, 0.4) is 0 Å². The average molecular weight is 243 g/mol. The van der Waals surface area contributed by atoms with E-state index >= 15 is 0 Å². The van der Waals surface area contributed by atoms with E-state index in [1.54, 1.807) is 24.4 Å². The van der Waals surface area contributed by atoms with Crippen LogP contribution in [-0.2, 0) is 18.0 Å². The maximum Gasteiger partial charge on any atom is 0.253 e. The van der Waals surface area contributed by atoms with Crippen molar-refractivity contribution in [3.63, 3.8) is 0 Å². The lowest BCUT2D eigenvalue weighted by atomic mass is 10.1. The molecular weight excluding hydrogens is 230 g/mol. The maximum absolute atomic E-state index is 5.64. The van der Waals surface area contributed by atoms with Gasteiger partial charge in [-0.2, -0.15) is 4.98 Å². The molecular formula is C13H13N3O2. The fourth-order valence-electron chi connectivity index (χ4n) is 1.90. The van der Waals surface area contributed by atoms with Gasteiger partial charge in [-0.25, -0.2) is 10.0 Å². The number of ether oxygens (including phenoxy) is 1. The van der Waals surface area contributed by atoms with Gasteiger partial charge in [0.1, 0.15) is 6.61 Å². The molecule has 1 aromatic heterocycles. The molecule has 2 heterocycles. The van der Waals surface area contributed by atoms with Gasteiger partial charge in [-0.05, 0) is 11.1 Å². The molecule has 2 aromatic rings. The molecule has 0 radical (unpaired) electrons. The Labute approximate surface area is 105 Å². The summed E-state index contributed by atoms with van der Waals surface area (Å²) in [6.45, 7) is 1.18. The van der Waals surface area contributed by atoms with E-state index in [1.165, 1.54) is 11.1 Å². The van der Waals surface area contributed by atoms with Crippen LogP contribution in [0.4, 0.5) is 5.95 Å². The number of nitrogens with zero attached hydrogens (tertiary/aromatic N) is 3. The summed E-state index contributed by atoms with van der Waals surface area (Å²) < 4.78 is 5.08. The number of benzene rings is 1. The molecule has 0 N–H and O–H groups in total. The van der Waals surface area contributed by atoms with E-state index in [0.29, 0.717) is 25.0 Å². The Morgan fingerprint density at radius 1 is 1.22 bits per heavy atom. The summed E-state index contributed by atoms with van der Waals surface area (Å²) in [4.78, 5) is 14.1. The number of hydroxylamine groups is 1. The van der Waals surface area contributed by atoms with Crippen molar-refractivity contribution in [1.82, 2.24) is 9.97 Å². The molecule has 1 aromatic carbocycles. The molecule has 3 rings (SSSR count). The monoisotopic (exact) mass is 243 g/mol. The van der Waals surface area contributed by atoms with Crippen LogP contribution in [0, 0.1) is 0 Å². The zero-order chi connectivity index (χ0) is 12.4. The minimum absolute atomic E-state index is 0.517. The largest absolute Gasteiger partial charge is 0.481 e. The third kappa shape index (κ3) is 2.00. The van der Waals surface area contributed by atoms with Gasteiger partial charge in [0.2, 0.25) is 5.88 Å². The van der Waals surface area contributed by atoms with E-state index in [4.69, 9.17) is 9.57 Å². The summed E-state index contributed by atoms with van der Waals surface area (Å²) in [6.07, 6.45) is 1.66. The fraction of sp³-hybridized carbons (Fsp3) is 0.231. The standard InChI is InChI=1S/C13H13N3O2/c1-17-12-6-7-14-13(15-12)16-8-10-4-2-3-5-11(10)9-18-16/h2-7H,8-9H2,1H3.